The summed E-state index contributed by atoms with van der Waals surface area (Å²) < 4.78 is 10.5. The highest BCUT2D eigenvalue weighted by atomic mass is 16.5. The molecule has 4 heteroatoms. The average molecular weight is 341 g/mol. The molecule has 1 aliphatic carbocycles. The van der Waals surface area contributed by atoms with Crippen molar-refractivity contribution in [3.05, 3.63) is 0 Å². The van der Waals surface area contributed by atoms with Crippen LogP contribution in [0.15, 0.2) is 0 Å². The molecule has 1 saturated carbocycles. The maximum Gasteiger partial charge on any atom is 0.305 e. The van der Waals surface area contributed by atoms with E-state index < -0.39 is 0 Å². The van der Waals surface area contributed by atoms with Crippen LogP contribution in [0.4, 0.5) is 0 Å². The van der Waals surface area contributed by atoms with Gasteiger partial charge in [0.2, 0.25) is 0 Å². The first-order valence-corrected chi connectivity index (χ1v) is 9.90. The average Bonchev–Trinajstić information content (AvgIpc) is 2.94. The number of hydrogen-bond donors (Lipinski definition) is 0. The van der Waals surface area contributed by atoms with Gasteiger partial charge in [0.05, 0.1) is 7.11 Å². The fraction of sp³-hybridized carbons (Fsp3) is 0.900. The Morgan fingerprint density at radius 3 is 2.50 bits per heavy atom. The molecule has 140 valence electrons. The van der Waals surface area contributed by atoms with E-state index in [0.717, 1.165) is 32.1 Å². The van der Waals surface area contributed by atoms with Crippen LogP contribution in [0.1, 0.15) is 90.4 Å². The minimum absolute atomic E-state index is 0.152. The van der Waals surface area contributed by atoms with Gasteiger partial charge in [-0.3, -0.25) is 9.59 Å². The maximum absolute atomic E-state index is 12.0. The van der Waals surface area contributed by atoms with E-state index in [-0.39, 0.29) is 12.1 Å². The maximum atomic E-state index is 12.0. The van der Waals surface area contributed by atoms with Crippen LogP contribution in [0.5, 0.6) is 0 Å². The van der Waals surface area contributed by atoms with E-state index >= 15 is 0 Å². The molecule has 0 saturated heterocycles. The number of methoxy groups -OCH3 is 1. The standard InChI is InChI=1S/C20H36O4/c1-3-4-5-6-7-9-12-17-14-15-18(21)20(17)24-16-11-8-10-13-19(22)23-2/h17,20H,3-16H2,1-2H3/t17-,20+/m0/s1. The molecule has 0 radical (unpaired) electrons. The summed E-state index contributed by atoms with van der Waals surface area (Å²) in [6.45, 7) is 2.87. The highest BCUT2D eigenvalue weighted by molar-refractivity contribution is 5.85. The number of carbonyl (C=O) groups is 2. The third-order valence-electron chi connectivity index (χ3n) is 4.99. The lowest BCUT2D eigenvalue weighted by Crippen LogP contribution is -2.25. The number of rotatable bonds is 14. The summed E-state index contributed by atoms with van der Waals surface area (Å²) in [5, 5.41) is 0. The SMILES string of the molecule is CCCCCCCC[C@H]1CCC(=O)[C@@H]1OCCCCCC(=O)OC. The van der Waals surface area contributed by atoms with E-state index in [0.29, 0.717) is 31.1 Å². The van der Waals surface area contributed by atoms with Gasteiger partial charge in [0, 0.05) is 19.4 Å². The van der Waals surface area contributed by atoms with Crippen LogP contribution >= 0.6 is 0 Å². The van der Waals surface area contributed by atoms with Crippen molar-refractivity contribution in [1.82, 2.24) is 0 Å². The summed E-state index contributed by atoms with van der Waals surface area (Å²) in [4.78, 5) is 23.0. The van der Waals surface area contributed by atoms with E-state index in [9.17, 15) is 9.59 Å². The zero-order chi connectivity index (χ0) is 17.6. The molecule has 1 fully saturated rings. The number of hydrogen-bond acceptors (Lipinski definition) is 4. The van der Waals surface area contributed by atoms with E-state index in [1.165, 1.54) is 45.6 Å². The van der Waals surface area contributed by atoms with Crippen LogP contribution in [-0.2, 0) is 19.1 Å². The van der Waals surface area contributed by atoms with Gasteiger partial charge in [-0.2, -0.15) is 0 Å². The lowest BCUT2D eigenvalue weighted by Gasteiger charge is -2.19. The van der Waals surface area contributed by atoms with Crippen molar-refractivity contribution in [1.29, 1.82) is 0 Å². The second-order valence-corrected chi connectivity index (χ2v) is 7.00. The fourth-order valence-corrected chi connectivity index (χ4v) is 3.46. The van der Waals surface area contributed by atoms with E-state index in [1.54, 1.807) is 0 Å². The molecule has 0 spiro atoms. The van der Waals surface area contributed by atoms with Crippen molar-refractivity contribution >= 4 is 11.8 Å². The summed E-state index contributed by atoms with van der Waals surface area (Å²) in [6, 6.07) is 0. The summed E-state index contributed by atoms with van der Waals surface area (Å²) in [6.07, 6.45) is 13.6. The number of ether oxygens (including phenoxy) is 2. The molecule has 1 rings (SSSR count). The number of carbonyl (C=O) groups excluding carboxylic acids is 2. The van der Waals surface area contributed by atoms with Crippen LogP contribution < -0.4 is 0 Å². The van der Waals surface area contributed by atoms with Crippen molar-refractivity contribution in [2.24, 2.45) is 5.92 Å². The molecule has 4 nitrogen and oxygen atoms in total. The van der Waals surface area contributed by atoms with Crippen LogP contribution in [-0.4, -0.2) is 31.6 Å². The van der Waals surface area contributed by atoms with Gasteiger partial charge in [0.15, 0.2) is 5.78 Å². The summed E-state index contributed by atoms with van der Waals surface area (Å²) in [5.41, 5.74) is 0. The molecule has 2 atom stereocenters. The molecule has 0 heterocycles. The molecule has 0 amide bonds. The Hall–Kier alpha value is -0.900. The predicted octanol–water partition coefficient (Wildman–Crippen LogP) is 4.83. The molecule has 0 bridgehead atoms. The van der Waals surface area contributed by atoms with E-state index in [4.69, 9.17) is 4.74 Å². The smallest absolute Gasteiger partial charge is 0.305 e. The number of unbranched alkanes of at least 4 members (excludes halogenated alkanes) is 7. The molecular formula is C20H36O4. The lowest BCUT2D eigenvalue weighted by atomic mass is 9.97. The topological polar surface area (TPSA) is 52.6 Å². The Morgan fingerprint density at radius 1 is 1.04 bits per heavy atom. The minimum Gasteiger partial charge on any atom is -0.469 e. The van der Waals surface area contributed by atoms with Crippen molar-refractivity contribution in [3.8, 4) is 0 Å². The summed E-state index contributed by atoms with van der Waals surface area (Å²) in [7, 11) is 1.42. The first kappa shape index (κ1) is 21.1. The van der Waals surface area contributed by atoms with E-state index in [1.807, 2.05) is 0 Å². The molecule has 1 aliphatic rings. The predicted molar refractivity (Wildman–Crippen MR) is 95.9 cm³/mol. The lowest BCUT2D eigenvalue weighted by molar-refractivity contribution is -0.140. The van der Waals surface area contributed by atoms with Gasteiger partial charge in [-0.1, -0.05) is 51.9 Å². The van der Waals surface area contributed by atoms with Crippen LogP contribution in [0.2, 0.25) is 0 Å². The molecule has 0 aliphatic heterocycles. The summed E-state index contributed by atoms with van der Waals surface area (Å²) in [5.74, 6) is 0.570. The second kappa shape index (κ2) is 13.4. The van der Waals surface area contributed by atoms with Crippen LogP contribution in [0.25, 0.3) is 0 Å². The Labute approximate surface area is 147 Å². The zero-order valence-corrected chi connectivity index (χ0v) is 15.7. The first-order chi connectivity index (χ1) is 11.7. The molecule has 0 aromatic carbocycles. The van der Waals surface area contributed by atoms with Crippen molar-refractivity contribution in [2.75, 3.05) is 13.7 Å². The van der Waals surface area contributed by atoms with Gasteiger partial charge >= 0.3 is 5.97 Å². The largest absolute Gasteiger partial charge is 0.469 e. The molecule has 0 N–H and O–H groups in total. The van der Waals surface area contributed by atoms with Crippen LogP contribution in [0, 0.1) is 5.92 Å². The Bertz CT molecular complexity index is 354. The minimum atomic E-state index is -0.166. The Balaban J connectivity index is 2.10. The molecule has 0 aromatic rings. The third kappa shape index (κ3) is 8.81. The van der Waals surface area contributed by atoms with Crippen LogP contribution in [0.3, 0.4) is 0 Å². The van der Waals surface area contributed by atoms with Crippen molar-refractivity contribution < 1.29 is 19.1 Å². The van der Waals surface area contributed by atoms with Gasteiger partial charge in [0.25, 0.3) is 0 Å². The normalized spacial score (nSPS) is 20.5. The molecule has 24 heavy (non-hydrogen) atoms. The molecular weight excluding hydrogens is 304 g/mol. The number of Topliss-reactive ketones (excluding diaryl/α,β-unsaturated/α-hetero) is 1. The highest BCUT2D eigenvalue weighted by Crippen LogP contribution is 2.30. The van der Waals surface area contributed by atoms with Gasteiger partial charge in [0.1, 0.15) is 6.10 Å². The second-order valence-electron chi connectivity index (χ2n) is 7.00. The Morgan fingerprint density at radius 2 is 1.75 bits per heavy atom. The molecule has 0 aromatic heterocycles. The highest BCUT2D eigenvalue weighted by Gasteiger charge is 2.34. The fourth-order valence-electron chi connectivity index (χ4n) is 3.46. The first-order valence-electron chi connectivity index (χ1n) is 9.90. The van der Waals surface area contributed by atoms with Gasteiger partial charge in [-0.25, -0.2) is 0 Å². The van der Waals surface area contributed by atoms with E-state index in [2.05, 4.69) is 11.7 Å². The van der Waals surface area contributed by atoms with Gasteiger partial charge < -0.3 is 9.47 Å². The third-order valence-corrected chi connectivity index (χ3v) is 4.99. The van der Waals surface area contributed by atoms with Gasteiger partial charge in [-0.05, 0) is 31.6 Å². The summed E-state index contributed by atoms with van der Waals surface area (Å²) >= 11 is 0. The van der Waals surface area contributed by atoms with Crippen molar-refractivity contribution in [3.63, 3.8) is 0 Å². The van der Waals surface area contributed by atoms with Crippen molar-refractivity contribution in [2.45, 2.75) is 96.5 Å². The monoisotopic (exact) mass is 340 g/mol. The molecule has 0 unspecified atom stereocenters. The number of ketones is 1. The Kier molecular flexibility index (Phi) is 11.8. The number of esters is 1. The van der Waals surface area contributed by atoms with Gasteiger partial charge in [-0.15, -0.1) is 0 Å². The zero-order valence-electron chi connectivity index (χ0n) is 15.7. The quantitative estimate of drug-likeness (QED) is 0.335.